The fraction of sp³-hybridized carbons (Fsp3) is 0.786. The second-order valence-electron chi connectivity index (χ2n) is 5.57. The first-order valence-corrected chi connectivity index (χ1v) is 6.12. The highest BCUT2D eigenvalue weighted by Gasteiger charge is 2.28. The molecular weight excluding hydrogens is 198 g/mol. The molecule has 2 heteroatoms. The monoisotopic (exact) mass is 221 g/mol. The van der Waals surface area contributed by atoms with Gasteiger partial charge in [-0.1, -0.05) is 13.8 Å². The first-order chi connectivity index (χ1) is 7.45. The molecule has 2 nitrogen and oxygen atoms in total. The summed E-state index contributed by atoms with van der Waals surface area (Å²) in [6.07, 6.45) is 8.59. The number of hydrogen-bond acceptors (Lipinski definition) is 2. The van der Waals surface area contributed by atoms with Crippen LogP contribution in [0.5, 0.6) is 0 Å². The van der Waals surface area contributed by atoms with Crippen LogP contribution in [0, 0.1) is 23.7 Å². The zero-order chi connectivity index (χ0) is 12.2. The van der Waals surface area contributed by atoms with E-state index in [1.807, 2.05) is 13.8 Å². The Morgan fingerprint density at radius 1 is 1.44 bits per heavy atom. The molecule has 0 atom stereocenters. The smallest absolute Gasteiger partial charge is 0.136 e. The molecule has 1 fully saturated rings. The van der Waals surface area contributed by atoms with Crippen molar-refractivity contribution in [3.05, 3.63) is 0 Å². The van der Waals surface area contributed by atoms with Crippen molar-refractivity contribution < 1.29 is 4.79 Å². The molecule has 1 rings (SSSR count). The number of carbonyl (C=O) groups is 1. The van der Waals surface area contributed by atoms with Crippen molar-refractivity contribution in [1.29, 1.82) is 0 Å². The molecule has 0 spiro atoms. The van der Waals surface area contributed by atoms with Crippen LogP contribution >= 0.6 is 0 Å². The normalized spacial score (nSPS) is 19.4. The molecule has 0 N–H and O–H groups in total. The Bertz CT molecular complexity index is 280. The van der Waals surface area contributed by atoms with Crippen molar-refractivity contribution in [3.63, 3.8) is 0 Å². The number of rotatable bonds is 4. The van der Waals surface area contributed by atoms with Crippen LogP contribution in [0.2, 0.25) is 0 Å². The van der Waals surface area contributed by atoms with E-state index in [2.05, 4.69) is 10.8 Å². The van der Waals surface area contributed by atoms with Crippen LogP contribution in [0.25, 0.3) is 0 Å². The lowest BCUT2D eigenvalue weighted by atomic mass is 9.86. The number of piperidine rings is 1. The number of ketones is 1. The van der Waals surface area contributed by atoms with Gasteiger partial charge in [-0.3, -0.25) is 4.79 Å². The molecule has 0 saturated carbocycles. The SMILES string of the molecule is C#CCC1CCN(CC(C)(C)C(C)=O)CC1. The fourth-order valence-corrected chi connectivity index (χ4v) is 2.19. The van der Waals surface area contributed by atoms with E-state index in [1.54, 1.807) is 6.92 Å². The minimum atomic E-state index is -0.209. The average Bonchev–Trinajstić information content (AvgIpc) is 2.21. The quantitative estimate of drug-likeness (QED) is 0.679. The predicted octanol–water partition coefficient (Wildman–Crippen LogP) is 2.34. The molecule has 0 radical (unpaired) electrons. The molecule has 0 aliphatic carbocycles. The lowest BCUT2D eigenvalue weighted by Gasteiger charge is -2.36. The molecule has 1 saturated heterocycles. The van der Waals surface area contributed by atoms with E-state index in [0.717, 1.165) is 26.1 Å². The molecule has 0 aromatic heterocycles. The Kier molecular flexibility index (Phi) is 4.56. The topological polar surface area (TPSA) is 20.3 Å². The van der Waals surface area contributed by atoms with Crippen molar-refractivity contribution in [2.75, 3.05) is 19.6 Å². The Morgan fingerprint density at radius 3 is 2.44 bits per heavy atom. The third kappa shape index (κ3) is 3.64. The standard InChI is InChI=1S/C14H23NO/c1-5-6-13-7-9-15(10-8-13)11-14(3,4)12(2)16/h1,13H,6-11H2,2-4H3. The molecule has 90 valence electrons. The zero-order valence-electron chi connectivity index (χ0n) is 10.8. The second kappa shape index (κ2) is 5.50. The van der Waals surface area contributed by atoms with Crippen molar-refractivity contribution in [2.45, 2.75) is 40.0 Å². The van der Waals surface area contributed by atoms with Crippen molar-refractivity contribution in [3.8, 4) is 12.3 Å². The molecule has 1 aliphatic heterocycles. The summed E-state index contributed by atoms with van der Waals surface area (Å²) in [5.74, 6) is 3.72. The molecule has 0 aromatic rings. The second-order valence-corrected chi connectivity index (χ2v) is 5.57. The van der Waals surface area contributed by atoms with Crippen LogP contribution in [-0.4, -0.2) is 30.3 Å². The van der Waals surface area contributed by atoms with Crippen molar-refractivity contribution in [2.24, 2.45) is 11.3 Å². The summed E-state index contributed by atoms with van der Waals surface area (Å²) < 4.78 is 0. The van der Waals surface area contributed by atoms with Gasteiger partial charge < -0.3 is 4.90 Å². The van der Waals surface area contributed by atoms with Crippen molar-refractivity contribution >= 4 is 5.78 Å². The van der Waals surface area contributed by atoms with E-state index < -0.39 is 0 Å². The van der Waals surface area contributed by atoms with E-state index in [1.165, 1.54) is 12.8 Å². The maximum atomic E-state index is 11.5. The number of Topliss-reactive ketones (excluding diaryl/α,β-unsaturated/α-hetero) is 1. The maximum absolute atomic E-state index is 11.5. The molecule has 16 heavy (non-hydrogen) atoms. The molecule has 1 aliphatic rings. The first-order valence-electron chi connectivity index (χ1n) is 6.12. The van der Waals surface area contributed by atoms with E-state index in [-0.39, 0.29) is 11.2 Å². The van der Waals surface area contributed by atoms with E-state index in [4.69, 9.17) is 6.42 Å². The number of nitrogens with zero attached hydrogens (tertiary/aromatic N) is 1. The highest BCUT2D eigenvalue weighted by Crippen LogP contribution is 2.24. The summed E-state index contributed by atoms with van der Waals surface area (Å²) in [6.45, 7) is 8.80. The minimum absolute atomic E-state index is 0.209. The van der Waals surface area contributed by atoms with Crippen LogP contribution in [0.1, 0.15) is 40.0 Å². The number of carbonyl (C=O) groups excluding carboxylic acids is 1. The highest BCUT2D eigenvalue weighted by atomic mass is 16.1. The van der Waals surface area contributed by atoms with Gasteiger partial charge in [0, 0.05) is 18.4 Å². The molecular formula is C14H23NO. The molecule has 0 unspecified atom stereocenters. The molecule has 0 bridgehead atoms. The minimum Gasteiger partial charge on any atom is -0.302 e. The van der Waals surface area contributed by atoms with Gasteiger partial charge in [0.25, 0.3) is 0 Å². The maximum Gasteiger partial charge on any atom is 0.136 e. The van der Waals surface area contributed by atoms with Crippen LogP contribution in [-0.2, 0) is 4.79 Å². The summed E-state index contributed by atoms with van der Waals surface area (Å²) in [5.41, 5.74) is -0.209. The van der Waals surface area contributed by atoms with E-state index in [9.17, 15) is 4.79 Å². The summed E-state index contributed by atoms with van der Waals surface area (Å²) in [4.78, 5) is 13.9. The largest absolute Gasteiger partial charge is 0.302 e. The van der Waals surface area contributed by atoms with Gasteiger partial charge in [0.2, 0.25) is 0 Å². The van der Waals surface area contributed by atoms with Gasteiger partial charge in [0.1, 0.15) is 5.78 Å². The van der Waals surface area contributed by atoms with Gasteiger partial charge in [0.05, 0.1) is 0 Å². The summed E-state index contributed by atoms with van der Waals surface area (Å²) in [5, 5.41) is 0. The molecule has 0 aromatic carbocycles. The Morgan fingerprint density at radius 2 is 2.00 bits per heavy atom. The van der Waals surface area contributed by atoms with Crippen LogP contribution < -0.4 is 0 Å². The van der Waals surface area contributed by atoms with Gasteiger partial charge in [-0.15, -0.1) is 12.3 Å². The Hall–Kier alpha value is -0.810. The summed E-state index contributed by atoms with van der Waals surface area (Å²) >= 11 is 0. The van der Waals surface area contributed by atoms with E-state index in [0.29, 0.717) is 5.92 Å². The third-order valence-electron chi connectivity index (χ3n) is 3.69. The number of terminal acetylenes is 1. The summed E-state index contributed by atoms with van der Waals surface area (Å²) in [6, 6.07) is 0. The Balaban J connectivity index is 2.38. The zero-order valence-corrected chi connectivity index (χ0v) is 10.8. The number of hydrogen-bond donors (Lipinski definition) is 0. The third-order valence-corrected chi connectivity index (χ3v) is 3.69. The fourth-order valence-electron chi connectivity index (χ4n) is 2.19. The Labute approximate surface area is 99.4 Å². The number of likely N-dealkylation sites (tertiary alicyclic amines) is 1. The lowest BCUT2D eigenvalue weighted by molar-refractivity contribution is -0.126. The summed E-state index contributed by atoms with van der Waals surface area (Å²) in [7, 11) is 0. The van der Waals surface area contributed by atoms with Crippen molar-refractivity contribution in [1.82, 2.24) is 4.90 Å². The first kappa shape index (κ1) is 13.3. The molecule has 0 amide bonds. The molecule has 1 heterocycles. The van der Waals surface area contributed by atoms with E-state index >= 15 is 0 Å². The van der Waals surface area contributed by atoms with Crippen LogP contribution in [0.3, 0.4) is 0 Å². The lowest BCUT2D eigenvalue weighted by Crippen LogP contribution is -2.42. The van der Waals surface area contributed by atoms with Gasteiger partial charge in [-0.25, -0.2) is 0 Å². The van der Waals surface area contributed by atoms with Gasteiger partial charge >= 0.3 is 0 Å². The van der Waals surface area contributed by atoms with Gasteiger partial charge in [-0.05, 0) is 38.8 Å². The van der Waals surface area contributed by atoms with Gasteiger partial charge in [-0.2, -0.15) is 0 Å². The van der Waals surface area contributed by atoms with Crippen LogP contribution in [0.4, 0.5) is 0 Å². The highest BCUT2D eigenvalue weighted by molar-refractivity contribution is 5.81. The predicted molar refractivity (Wildman–Crippen MR) is 67.1 cm³/mol. The van der Waals surface area contributed by atoms with Crippen LogP contribution in [0.15, 0.2) is 0 Å². The van der Waals surface area contributed by atoms with Gasteiger partial charge in [0.15, 0.2) is 0 Å². The average molecular weight is 221 g/mol.